The topological polar surface area (TPSA) is 87.5 Å². The molecular formula is C5H8NNaO4S. The van der Waals surface area contributed by atoms with E-state index < -0.39 is 10.4 Å². The number of rotatable bonds is 0. The summed E-state index contributed by atoms with van der Waals surface area (Å²) in [4.78, 5) is 3.78. The summed E-state index contributed by atoms with van der Waals surface area (Å²) in [6, 6.07) is 5.72. The Labute approximate surface area is 94.2 Å². The molecule has 0 amide bonds. The van der Waals surface area contributed by atoms with Crippen molar-refractivity contribution in [1.82, 2.24) is 4.98 Å². The molecule has 0 aliphatic carbocycles. The SMILES string of the molecule is O=S(=O)(O)O.[H-].[Na+].c1ccncc1. The number of aromatic nitrogens is 1. The average Bonchev–Trinajstić information content (AvgIpc) is 1.88. The third-order valence-corrected chi connectivity index (χ3v) is 0.566. The molecule has 1 aromatic heterocycles. The van der Waals surface area contributed by atoms with Gasteiger partial charge in [0, 0.05) is 12.4 Å². The first-order chi connectivity index (χ1) is 5.00. The second-order valence-corrected chi connectivity index (χ2v) is 2.37. The van der Waals surface area contributed by atoms with Crippen LogP contribution >= 0.6 is 0 Å². The Kier molecular flexibility index (Phi) is 9.28. The maximum atomic E-state index is 8.74. The van der Waals surface area contributed by atoms with Crippen molar-refractivity contribution in [3.05, 3.63) is 30.6 Å². The molecule has 0 spiro atoms. The van der Waals surface area contributed by atoms with Crippen LogP contribution in [0.2, 0.25) is 0 Å². The van der Waals surface area contributed by atoms with Gasteiger partial charge in [0.25, 0.3) is 0 Å². The van der Waals surface area contributed by atoms with Crippen LogP contribution in [0.1, 0.15) is 1.43 Å². The van der Waals surface area contributed by atoms with Crippen molar-refractivity contribution in [1.29, 1.82) is 0 Å². The van der Waals surface area contributed by atoms with Crippen LogP contribution in [0.25, 0.3) is 0 Å². The maximum absolute atomic E-state index is 8.74. The molecule has 0 atom stereocenters. The summed E-state index contributed by atoms with van der Waals surface area (Å²) in [5.74, 6) is 0. The van der Waals surface area contributed by atoms with Crippen molar-refractivity contribution in [2.75, 3.05) is 0 Å². The molecule has 1 heterocycles. The molecule has 0 saturated heterocycles. The van der Waals surface area contributed by atoms with Gasteiger partial charge in [-0.25, -0.2) is 0 Å². The van der Waals surface area contributed by atoms with Crippen molar-refractivity contribution in [2.45, 2.75) is 0 Å². The van der Waals surface area contributed by atoms with E-state index in [0.29, 0.717) is 0 Å². The van der Waals surface area contributed by atoms with Crippen LogP contribution in [0, 0.1) is 0 Å². The minimum Gasteiger partial charge on any atom is -1.00 e. The summed E-state index contributed by atoms with van der Waals surface area (Å²) in [6.07, 6.45) is 3.50. The van der Waals surface area contributed by atoms with E-state index in [1.165, 1.54) is 0 Å². The van der Waals surface area contributed by atoms with Crippen LogP contribution in [0.5, 0.6) is 0 Å². The first kappa shape index (κ1) is 14.5. The molecule has 0 radical (unpaired) electrons. The zero-order valence-electron chi connectivity index (χ0n) is 7.45. The fraction of sp³-hybridized carbons (Fsp3) is 0. The van der Waals surface area contributed by atoms with Crippen LogP contribution in [0.3, 0.4) is 0 Å². The Balaban J connectivity index is -0.000000136. The molecule has 0 bridgehead atoms. The fourth-order valence-electron chi connectivity index (χ4n) is 0.313. The zero-order chi connectivity index (χ0) is 8.74. The van der Waals surface area contributed by atoms with E-state index in [4.69, 9.17) is 17.5 Å². The van der Waals surface area contributed by atoms with E-state index in [1.54, 1.807) is 12.4 Å². The Hall–Kier alpha value is 0.0200. The predicted molar refractivity (Wildman–Crippen MR) is 39.5 cm³/mol. The monoisotopic (exact) mass is 201 g/mol. The minimum absolute atomic E-state index is 0. The molecule has 2 N–H and O–H groups in total. The number of hydrogen-bond donors (Lipinski definition) is 2. The van der Waals surface area contributed by atoms with Crippen LogP contribution < -0.4 is 29.6 Å². The second-order valence-electron chi connectivity index (χ2n) is 1.47. The van der Waals surface area contributed by atoms with Gasteiger partial charge in [0.1, 0.15) is 0 Å². The van der Waals surface area contributed by atoms with Crippen LogP contribution in [0.4, 0.5) is 0 Å². The van der Waals surface area contributed by atoms with Gasteiger partial charge >= 0.3 is 40.0 Å². The Morgan fingerprint density at radius 3 is 1.50 bits per heavy atom. The first-order valence-electron chi connectivity index (χ1n) is 2.55. The fourth-order valence-corrected chi connectivity index (χ4v) is 0.313. The molecule has 0 aliphatic heterocycles. The van der Waals surface area contributed by atoms with Gasteiger partial charge in [-0.2, -0.15) is 8.42 Å². The van der Waals surface area contributed by atoms with Crippen molar-refractivity contribution in [2.24, 2.45) is 0 Å². The molecule has 5 nitrogen and oxygen atoms in total. The smallest absolute Gasteiger partial charge is 1.00 e. The normalized spacial score (nSPS) is 8.83. The van der Waals surface area contributed by atoms with E-state index >= 15 is 0 Å². The molecule has 64 valence electrons. The summed E-state index contributed by atoms with van der Waals surface area (Å²) in [6.45, 7) is 0. The quantitative estimate of drug-likeness (QED) is 0.359. The van der Waals surface area contributed by atoms with E-state index in [-0.39, 0.29) is 31.0 Å². The minimum atomic E-state index is -4.67. The van der Waals surface area contributed by atoms with Crippen LogP contribution in [0.15, 0.2) is 30.6 Å². The molecule has 1 aromatic rings. The molecule has 0 saturated carbocycles. The van der Waals surface area contributed by atoms with Gasteiger partial charge in [0.15, 0.2) is 0 Å². The molecule has 1 rings (SSSR count). The van der Waals surface area contributed by atoms with Crippen molar-refractivity contribution >= 4 is 10.4 Å². The van der Waals surface area contributed by atoms with Gasteiger partial charge in [-0.1, -0.05) is 6.07 Å². The van der Waals surface area contributed by atoms with Crippen molar-refractivity contribution in [3.63, 3.8) is 0 Å². The van der Waals surface area contributed by atoms with Gasteiger partial charge in [0.05, 0.1) is 0 Å². The zero-order valence-corrected chi connectivity index (χ0v) is 9.27. The van der Waals surface area contributed by atoms with E-state index in [9.17, 15) is 0 Å². The first-order valence-corrected chi connectivity index (χ1v) is 3.95. The molecule has 0 aliphatic rings. The third kappa shape index (κ3) is 22.5. The molecule has 0 unspecified atom stereocenters. The van der Waals surface area contributed by atoms with Gasteiger partial charge < -0.3 is 1.43 Å². The number of pyridine rings is 1. The predicted octanol–water partition coefficient (Wildman–Crippen LogP) is -2.45. The standard InChI is InChI=1S/C5H5N.Na.H2O4S.H/c1-2-4-6-5-3-1;;1-5(2,3)4;/h1-5H;;(H2,1,2,3,4);/q;+1;;-1. The van der Waals surface area contributed by atoms with E-state index in [0.717, 1.165) is 0 Å². The van der Waals surface area contributed by atoms with E-state index in [1.807, 2.05) is 18.2 Å². The van der Waals surface area contributed by atoms with Crippen molar-refractivity contribution < 1.29 is 48.5 Å². The Morgan fingerprint density at radius 1 is 1.08 bits per heavy atom. The van der Waals surface area contributed by atoms with Gasteiger partial charge in [-0.3, -0.25) is 14.1 Å². The summed E-state index contributed by atoms with van der Waals surface area (Å²) in [5.41, 5.74) is 0. The van der Waals surface area contributed by atoms with Gasteiger partial charge in [-0.15, -0.1) is 0 Å². The molecule has 7 heteroatoms. The van der Waals surface area contributed by atoms with Gasteiger partial charge in [-0.05, 0) is 12.1 Å². The Morgan fingerprint density at radius 2 is 1.42 bits per heavy atom. The van der Waals surface area contributed by atoms with Crippen molar-refractivity contribution in [3.8, 4) is 0 Å². The van der Waals surface area contributed by atoms with E-state index in [2.05, 4.69) is 4.98 Å². The average molecular weight is 201 g/mol. The summed E-state index contributed by atoms with van der Waals surface area (Å²) < 4.78 is 31.6. The Bertz CT molecular complexity index is 245. The molecule has 0 fully saturated rings. The summed E-state index contributed by atoms with van der Waals surface area (Å²) in [5, 5.41) is 0. The second kappa shape index (κ2) is 7.66. The summed E-state index contributed by atoms with van der Waals surface area (Å²) in [7, 11) is -4.67. The third-order valence-electron chi connectivity index (χ3n) is 0.566. The van der Waals surface area contributed by atoms with Crippen LogP contribution in [-0.4, -0.2) is 22.5 Å². The van der Waals surface area contributed by atoms with Gasteiger partial charge in [0.2, 0.25) is 0 Å². The van der Waals surface area contributed by atoms with Crippen LogP contribution in [-0.2, 0) is 10.4 Å². The largest absolute Gasteiger partial charge is 1.00 e. The molecule has 12 heavy (non-hydrogen) atoms. The molecule has 0 aromatic carbocycles. The molecular weight excluding hydrogens is 193 g/mol. The summed E-state index contributed by atoms with van der Waals surface area (Å²) >= 11 is 0. The maximum Gasteiger partial charge on any atom is 1.00 e. The number of hydrogen-bond acceptors (Lipinski definition) is 3. The number of nitrogens with zero attached hydrogens (tertiary/aromatic N) is 1.